The Morgan fingerprint density at radius 2 is 1.81 bits per heavy atom. The number of benzene rings is 3. The third kappa shape index (κ3) is 4.51. The fourth-order valence-corrected chi connectivity index (χ4v) is 5.65. The van der Waals surface area contributed by atoms with E-state index in [9.17, 15) is 14.7 Å². The summed E-state index contributed by atoms with van der Waals surface area (Å²) in [5.74, 6) is -0.997. The average molecular weight is 610 g/mol. The van der Waals surface area contributed by atoms with Gasteiger partial charge >= 0.3 is 5.91 Å². The summed E-state index contributed by atoms with van der Waals surface area (Å²) in [7, 11) is 0. The van der Waals surface area contributed by atoms with Gasteiger partial charge < -0.3 is 9.84 Å². The number of ether oxygens (including phenoxy) is 1. The lowest BCUT2D eigenvalue weighted by molar-refractivity contribution is -0.132. The summed E-state index contributed by atoms with van der Waals surface area (Å²) in [6.07, 6.45) is 0.881. The number of Topliss-reactive ketones (excluding diaryl/α,β-unsaturated/α-hetero) is 1. The minimum atomic E-state index is -0.806. The SMILES string of the molecule is CCCOc1ccc(C(O)=C2C(=O)C(=O)N(c3nc4ccc(C)cc4s3)C2c2ccc(I)cc2)cc1. The highest BCUT2D eigenvalue weighted by atomic mass is 127. The molecule has 0 spiro atoms. The Labute approximate surface area is 226 Å². The maximum atomic E-state index is 13.4. The molecule has 0 saturated carbocycles. The van der Waals surface area contributed by atoms with Gasteiger partial charge in [0.15, 0.2) is 5.13 Å². The van der Waals surface area contributed by atoms with Crippen molar-refractivity contribution in [3.8, 4) is 5.75 Å². The predicted octanol–water partition coefficient (Wildman–Crippen LogP) is 6.62. The molecule has 1 saturated heterocycles. The molecule has 4 aromatic rings. The molecule has 2 heterocycles. The van der Waals surface area contributed by atoms with E-state index in [0.717, 1.165) is 31.3 Å². The highest BCUT2D eigenvalue weighted by Gasteiger charge is 2.48. The Hall–Kier alpha value is -3.24. The molecule has 1 amide bonds. The van der Waals surface area contributed by atoms with Crippen LogP contribution in [0.3, 0.4) is 0 Å². The first-order valence-corrected chi connectivity index (χ1v) is 13.4. The molecule has 182 valence electrons. The lowest BCUT2D eigenvalue weighted by Gasteiger charge is -2.23. The molecule has 1 aliphatic rings. The summed E-state index contributed by atoms with van der Waals surface area (Å²) in [5.41, 5.74) is 3.03. The molecule has 1 N–H and O–H groups in total. The quantitative estimate of drug-likeness (QED) is 0.115. The number of halogens is 1. The number of thiazole rings is 1. The third-order valence-corrected chi connectivity index (χ3v) is 7.71. The Bertz CT molecular complexity index is 1490. The molecule has 36 heavy (non-hydrogen) atoms. The van der Waals surface area contributed by atoms with Crippen molar-refractivity contribution in [2.45, 2.75) is 26.3 Å². The zero-order valence-corrected chi connectivity index (χ0v) is 22.7. The van der Waals surface area contributed by atoms with Crippen molar-refractivity contribution in [3.63, 3.8) is 0 Å². The predicted molar refractivity (Wildman–Crippen MR) is 151 cm³/mol. The summed E-state index contributed by atoms with van der Waals surface area (Å²) in [5, 5.41) is 11.7. The molecular weight excluding hydrogens is 587 g/mol. The van der Waals surface area contributed by atoms with Crippen LogP contribution in [0, 0.1) is 10.5 Å². The number of carbonyl (C=O) groups excluding carboxylic acids is 2. The van der Waals surface area contributed by atoms with Crippen molar-refractivity contribution >= 4 is 66.7 Å². The van der Waals surface area contributed by atoms with E-state index in [1.165, 1.54) is 16.2 Å². The van der Waals surface area contributed by atoms with E-state index >= 15 is 0 Å². The number of hydrogen-bond acceptors (Lipinski definition) is 6. The second-order valence-corrected chi connectivity index (χ2v) is 10.8. The summed E-state index contributed by atoms with van der Waals surface area (Å²) in [4.78, 5) is 32.8. The van der Waals surface area contributed by atoms with Gasteiger partial charge in [-0.25, -0.2) is 4.98 Å². The Kier molecular flexibility index (Phi) is 6.81. The van der Waals surface area contributed by atoms with Gasteiger partial charge in [0.25, 0.3) is 5.78 Å². The van der Waals surface area contributed by atoms with Gasteiger partial charge in [0, 0.05) is 9.13 Å². The van der Waals surface area contributed by atoms with Crippen molar-refractivity contribution < 1.29 is 19.4 Å². The van der Waals surface area contributed by atoms with Crippen molar-refractivity contribution in [2.75, 3.05) is 11.5 Å². The first kappa shape index (κ1) is 24.5. The highest BCUT2D eigenvalue weighted by molar-refractivity contribution is 14.1. The van der Waals surface area contributed by atoms with E-state index < -0.39 is 17.7 Å². The van der Waals surface area contributed by atoms with Crippen LogP contribution >= 0.6 is 33.9 Å². The van der Waals surface area contributed by atoms with Crippen molar-refractivity contribution in [1.82, 2.24) is 4.98 Å². The summed E-state index contributed by atoms with van der Waals surface area (Å²) >= 11 is 3.56. The van der Waals surface area contributed by atoms with E-state index in [2.05, 4.69) is 27.6 Å². The van der Waals surface area contributed by atoms with Crippen molar-refractivity contribution in [1.29, 1.82) is 0 Å². The van der Waals surface area contributed by atoms with Crippen LogP contribution < -0.4 is 9.64 Å². The number of aliphatic hydroxyl groups is 1. The van der Waals surface area contributed by atoms with Crippen LogP contribution in [-0.4, -0.2) is 28.4 Å². The van der Waals surface area contributed by atoms with Gasteiger partial charge in [-0.2, -0.15) is 0 Å². The van der Waals surface area contributed by atoms with Gasteiger partial charge in [-0.15, -0.1) is 0 Å². The van der Waals surface area contributed by atoms with Crippen LogP contribution in [-0.2, 0) is 9.59 Å². The first-order valence-electron chi connectivity index (χ1n) is 11.5. The molecule has 0 radical (unpaired) electrons. The second-order valence-electron chi connectivity index (χ2n) is 8.56. The zero-order chi connectivity index (χ0) is 25.4. The zero-order valence-electron chi connectivity index (χ0n) is 19.7. The van der Waals surface area contributed by atoms with Gasteiger partial charge in [-0.3, -0.25) is 14.5 Å². The molecule has 6 nitrogen and oxygen atoms in total. The maximum Gasteiger partial charge on any atom is 0.301 e. The van der Waals surface area contributed by atoms with E-state index in [-0.39, 0.29) is 11.3 Å². The summed E-state index contributed by atoms with van der Waals surface area (Å²) < 4.78 is 7.58. The fraction of sp³-hybridized carbons (Fsp3) is 0.179. The number of amides is 1. The minimum absolute atomic E-state index is 0.0406. The van der Waals surface area contributed by atoms with Gasteiger partial charge in [0.05, 0.1) is 28.4 Å². The van der Waals surface area contributed by atoms with Crippen molar-refractivity contribution in [2.24, 2.45) is 0 Å². The number of aryl methyl sites for hydroxylation is 1. The number of carbonyl (C=O) groups is 2. The van der Waals surface area contributed by atoms with Gasteiger partial charge in [0.2, 0.25) is 0 Å². The number of ketones is 1. The Balaban J connectivity index is 1.65. The Morgan fingerprint density at radius 1 is 1.08 bits per heavy atom. The van der Waals surface area contributed by atoms with E-state index in [1.54, 1.807) is 24.3 Å². The van der Waals surface area contributed by atoms with Gasteiger partial charge in [-0.05, 0) is 95.6 Å². The van der Waals surface area contributed by atoms with E-state index in [0.29, 0.717) is 23.1 Å². The summed E-state index contributed by atoms with van der Waals surface area (Å²) in [6.45, 7) is 4.61. The molecule has 5 rings (SSSR count). The molecule has 1 aliphatic heterocycles. The Morgan fingerprint density at radius 3 is 2.50 bits per heavy atom. The fourth-order valence-electron chi connectivity index (χ4n) is 4.20. The highest BCUT2D eigenvalue weighted by Crippen LogP contribution is 2.44. The lowest BCUT2D eigenvalue weighted by atomic mass is 9.95. The molecule has 1 aromatic heterocycles. The molecule has 0 aliphatic carbocycles. The van der Waals surface area contributed by atoms with Gasteiger partial charge in [0.1, 0.15) is 11.5 Å². The number of rotatable bonds is 6. The lowest BCUT2D eigenvalue weighted by Crippen LogP contribution is -2.29. The van der Waals surface area contributed by atoms with Crippen LogP contribution in [0.5, 0.6) is 5.75 Å². The van der Waals surface area contributed by atoms with Crippen LogP contribution in [0.15, 0.2) is 72.3 Å². The van der Waals surface area contributed by atoms with Crippen molar-refractivity contribution in [3.05, 3.63) is 92.6 Å². The summed E-state index contributed by atoms with van der Waals surface area (Å²) in [6, 6.07) is 19.5. The van der Waals surface area contributed by atoms with E-state index in [1.807, 2.05) is 56.3 Å². The topological polar surface area (TPSA) is 79.7 Å². The number of fused-ring (bicyclic) bond motifs is 1. The van der Waals surface area contributed by atoms with Crippen LogP contribution in [0.25, 0.3) is 16.0 Å². The van der Waals surface area contributed by atoms with Crippen LogP contribution in [0.4, 0.5) is 5.13 Å². The average Bonchev–Trinajstić information content (AvgIpc) is 3.40. The molecule has 8 heteroatoms. The molecule has 0 bridgehead atoms. The molecular formula is C28H23IN2O4S. The van der Waals surface area contributed by atoms with Crippen LogP contribution in [0.1, 0.15) is 36.1 Å². The monoisotopic (exact) mass is 610 g/mol. The minimum Gasteiger partial charge on any atom is -0.507 e. The normalized spacial score (nSPS) is 17.2. The molecule has 1 unspecified atom stereocenters. The largest absolute Gasteiger partial charge is 0.507 e. The van der Waals surface area contributed by atoms with Crippen LogP contribution in [0.2, 0.25) is 0 Å². The number of aliphatic hydroxyl groups excluding tert-OH is 1. The smallest absolute Gasteiger partial charge is 0.301 e. The number of aromatic nitrogens is 1. The first-order chi connectivity index (χ1) is 17.4. The molecule has 3 aromatic carbocycles. The molecule has 1 atom stereocenters. The number of anilines is 1. The number of nitrogens with zero attached hydrogens (tertiary/aromatic N) is 2. The second kappa shape index (κ2) is 10.0. The maximum absolute atomic E-state index is 13.4. The standard InChI is InChI=1S/C28H23IN2O4S/c1-3-14-35-20-11-7-18(8-12-20)25(32)23-24(17-5-9-19(29)10-6-17)31(27(34)26(23)33)28-30-21-13-4-16(2)15-22(21)36-28/h4-13,15,24,32H,3,14H2,1-2H3. The number of hydrogen-bond donors (Lipinski definition) is 1. The van der Waals surface area contributed by atoms with Gasteiger partial charge in [-0.1, -0.05) is 36.5 Å². The third-order valence-electron chi connectivity index (χ3n) is 5.97. The molecule has 1 fully saturated rings. The van der Waals surface area contributed by atoms with E-state index in [4.69, 9.17) is 4.74 Å².